The van der Waals surface area contributed by atoms with Crippen molar-refractivity contribution in [3.05, 3.63) is 22.4 Å². The highest BCUT2D eigenvalue weighted by molar-refractivity contribution is 7.09. The summed E-state index contributed by atoms with van der Waals surface area (Å²) in [5.74, 6) is 0. The number of likely N-dealkylation sites (tertiary alicyclic amines) is 1. The van der Waals surface area contributed by atoms with Gasteiger partial charge < -0.3 is 5.11 Å². The van der Waals surface area contributed by atoms with Crippen molar-refractivity contribution in [2.24, 2.45) is 0 Å². The minimum atomic E-state index is -0.189. The van der Waals surface area contributed by atoms with E-state index in [0.29, 0.717) is 0 Å². The molecule has 0 aliphatic carbocycles. The van der Waals surface area contributed by atoms with E-state index in [2.05, 4.69) is 36.3 Å². The molecule has 1 unspecified atom stereocenters. The highest BCUT2D eigenvalue weighted by Gasteiger charge is 2.37. The Morgan fingerprint density at radius 2 is 2.40 bits per heavy atom. The van der Waals surface area contributed by atoms with Gasteiger partial charge in [-0.15, -0.1) is 11.3 Å². The Kier molecular flexibility index (Phi) is 3.14. The smallest absolute Gasteiger partial charge is 0.0719 e. The van der Waals surface area contributed by atoms with Crippen molar-refractivity contribution >= 4 is 11.3 Å². The lowest BCUT2D eigenvalue weighted by molar-refractivity contribution is -0.0476. The van der Waals surface area contributed by atoms with E-state index in [1.54, 1.807) is 11.3 Å². The monoisotopic (exact) mass is 225 g/mol. The van der Waals surface area contributed by atoms with Gasteiger partial charge >= 0.3 is 0 Å². The molecule has 1 N–H and O–H groups in total. The highest BCUT2D eigenvalue weighted by atomic mass is 32.1. The molecule has 0 amide bonds. The summed E-state index contributed by atoms with van der Waals surface area (Å²) in [7, 11) is 0. The molecule has 1 fully saturated rings. The summed E-state index contributed by atoms with van der Waals surface area (Å²) in [5, 5.41) is 12.1. The predicted octanol–water partition coefficient (Wildman–Crippen LogP) is 2.48. The van der Waals surface area contributed by atoms with Gasteiger partial charge in [-0.2, -0.15) is 0 Å². The van der Waals surface area contributed by atoms with Gasteiger partial charge in [0.1, 0.15) is 0 Å². The Labute approximate surface area is 95.5 Å². The zero-order valence-corrected chi connectivity index (χ0v) is 10.3. The molecule has 3 heteroatoms. The van der Waals surface area contributed by atoms with Crippen LogP contribution in [0.5, 0.6) is 0 Å². The second-order valence-corrected chi connectivity index (χ2v) is 5.84. The van der Waals surface area contributed by atoms with Crippen LogP contribution in [0.25, 0.3) is 0 Å². The first-order valence-electron chi connectivity index (χ1n) is 5.56. The van der Waals surface area contributed by atoms with Gasteiger partial charge in [0.2, 0.25) is 0 Å². The van der Waals surface area contributed by atoms with E-state index in [1.165, 1.54) is 4.88 Å². The number of thiophene rings is 1. The zero-order valence-electron chi connectivity index (χ0n) is 9.44. The van der Waals surface area contributed by atoms with Crippen LogP contribution in [-0.2, 0) is 6.54 Å². The van der Waals surface area contributed by atoms with Gasteiger partial charge in [-0.25, -0.2) is 0 Å². The molecule has 84 valence electrons. The normalized spacial score (nSPS) is 26.7. The first-order valence-corrected chi connectivity index (χ1v) is 6.44. The minimum Gasteiger partial charge on any atom is -0.391 e. The van der Waals surface area contributed by atoms with Crippen LogP contribution in [0.1, 0.15) is 31.6 Å². The van der Waals surface area contributed by atoms with Crippen LogP contribution in [0.2, 0.25) is 0 Å². The molecule has 0 bridgehead atoms. The van der Waals surface area contributed by atoms with Crippen LogP contribution in [0, 0.1) is 0 Å². The molecule has 2 nitrogen and oxygen atoms in total. The summed E-state index contributed by atoms with van der Waals surface area (Å²) in [6.07, 6.45) is 1.86. The molecule has 0 saturated carbocycles. The van der Waals surface area contributed by atoms with Gasteiger partial charge in [-0.05, 0) is 44.7 Å². The van der Waals surface area contributed by atoms with Gasteiger partial charge in [0, 0.05) is 17.0 Å². The first kappa shape index (κ1) is 11.1. The molecular weight excluding hydrogens is 206 g/mol. The van der Waals surface area contributed by atoms with E-state index >= 15 is 0 Å². The summed E-state index contributed by atoms with van der Waals surface area (Å²) in [6, 6.07) is 4.26. The average Bonchev–Trinajstić information content (AvgIpc) is 2.66. The largest absolute Gasteiger partial charge is 0.391 e. The lowest BCUT2D eigenvalue weighted by Gasteiger charge is -2.45. The molecule has 15 heavy (non-hydrogen) atoms. The fraction of sp³-hybridized carbons (Fsp3) is 0.667. The average molecular weight is 225 g/mol. The van der Waals surface area contributed by atoms with Gasteiger partial charge in [0.15, 0.2) is 0 Å². The first-order chi connectivity index (χ1) is 7.10. The standard InChI is InChI=1S/C12H19NOS/c1-12(2)11(14)6-3-7-13(12)9-10-5-4-8-15-10/h4-5,8,11,14H,3,6-7,9H2,1-2H3. The van der Waals surface area contributed by atoms with Crippen molar-refractivity contribution in [2.45, 2.75) is 44.9 Å². The molecule has 0 spiro atoms. The van der Waals surface area contributed by atoms with Crippen molar-refractivity contribution in [2.75, 3.05) is 6.54 Å². The fourth-order valence-electron chi connectivity index (χ4n) is 2.20. The lowest BCUT2D eigenvalue weighted by atomic mass is 9.87. The molecule has 1 aromatic rings. The summed E-state index contributed by atoms with van der Waals surface area (Å²) in [4.78, 5) is 3.78. The quantitative estimate of drug-likeness (QED) is 0.836. The van der Waals surface area contributed by atoms with Crippen LogP contribution in [0.15, 0.2) is 17.5 Å². The van der Waals surface area contributed by atoms with Crippen LogP contribution in [0.4, 0.5) is 0 Å². The molecule has 1 aromatic heterocycles. The summed E-state index contributed by atoms with van der Waals surface area (Å²) >= 11 is 1.80. The molecule has 0 radical (unpaired) electrons. The molecular formula is C12H19NOS. The Hall–Kier alpha value is -0.380. The molecule has 1 aliphatic heterocycles. The zero-order chi connectivity index (χ0) is 10.9. The van der Waals surface area contributed by atoms with Crippen LogP contribution in [0.3, 0.4) is 0 Å². The van der Waals surface area contributed by atoms with E-state index < -0.39 is 0 Å². The van der Waals surface area contributed by atoms with Crippen molar-refractivity contribution < 1.29 is 5.11 Å². The molecule has 1 saturated heterocycles. The van der Waals surface area contributed by atoms with Gasteiger partial charge in [0.05, 0.1) is 6.10 Å². The highest BCUT2D eigenvalue weighted by Crippen LogP contribution is 2.29. The molecule has 1 aliphatic rings. The second-order valence-electron chi connectivity index (χ2n) is 4.81. The maximum absolute atomic E-state index is 10.00. The number of piperidine rings is 1. The number of hydrogen-bond donors (Lipinski definition) is 1. The Balaban J connectivity index is 2.07. The summed E-state index contributed by atoms with van der Waals surface area (Å²) in [6.45, 7) is 6.36. The van der Waals surface area contributed by atoms with Crippen LogP contribution < -0.4 is 0 Å². The van der Waals surface area contributed by atoms with Crippen molar-refractivity contribution in [3.63, 3.8) is 0 Å². The number of hydrogen-bond acceptors (Lipinski definition) is 3. The second kappa shape index (κ2) is 4.24. The summed E-state index contributed by atoms with van der Waals surface area (Å²) in [5.41, 5.74) is -0.0811. The SMILES string of the molecule is CC1(C)C(O)CCCN1Cc1cccs1. The maximum atomic E-state index is 10.00. The molecule has 0 aromatic carbocycles. The predicted molar refractivity (Wildman–Crippen MR) is 64.0 cm³/mol. The number of aliphatic hydroxyl groups excluding tert-OH is 1. The minimum absolute atomic E-state index is 0.0811. The Bertz CT molecular complexity index is 307. The number of rotatable bonds is 2. The third-order valence-corrected chi connectivity index (χ3v) is 4.32. The van der Waals surface area contributed by atoms with Gasteiger partial charge in [-0.1, -0.05) is 6.07 Å². The van der Waals surface area contributed by atoms with Gasteiger partial charge in [-0.3, -0.25) is 4.90 Å². The van der Waals surface area contributed by atoms with Crippen molar-refractivity contribution in [1.82, 2.24) is 4.90 Å². The summed E-state index contributed by atoms with van der Waals surface area (Å²) < 4.78 is 0. The number of nitrogens with zero attached hydrogens (tertiary/aromatic N) is 1. The fourth-order valence-corrected chi connectivity index (χ4v) is 2.92. The van der Waals surface area contributed by atoms with E-state index in [9.17, 15) is 5.11 Å². The Morgan fingerprint density at radius 1 is 1.60 bits per heavy atom. The van der Waals surface area contributed by atoms with E-state index in [1.807, 2.05) is 0 Å². The third kappa shape index (κ3) is 2.25. The maximum Gasteiger partial charge on any atom is 0.0719 e. The van der Waals surface area contributed by atoms with E-state index in [0.717, 1.165) is 25.9 Å². The van der Waals surface area contributed by atoms with Crippen LogP contribution >= 0.6 is 11.3 Å². The van der Waals surface area contributed by atoms with E-state index in [-0.39, 0.29) is 11.6 Å². The molecule has 2 heterocycles. The molecule has 2 rings (SSSR count). The number of aliphatic hydroxyl groups is 1. The lowest BCUT2D eigenvalue weighted by Crippen LogP contribution is -2.55. The third-order valence-electron chi connectivity index (χ3n) is 3.46. The van der Waals surface area contributed by atoms with Crippen molar-refractivity contribution in [3.8, 4) is 0 Å². The topological polar surface area (TPSA) is 23.5 Å². The van der Waals surface area contributed by atoms with Crippen molar-refractivity contribution in [1.29, 1.82) is 0 Å². The molecule has 1 atom stereocenters. The van der Waals surface area contributed by atoms with Gasteiger partial charge in [0.25, 0.3) is 0 Å². The van der Waals surface area contributed by atoms with E-state index in [4.69, 9.17) is 0 Å². The van der Waals surface area contributed by atoms with Crippen LogP contribution in [-0.4, -0.2) is 28.2 Å². The Morgan fingerprint density at radius 3 is 3.07 bits per heavy atom.